The van der Waals surface area contributed by atoms with Crippen LogP contribution in [0.3, 0.4) is 0 Å². The van der Waals surface area contributed by atoms with E-state index in [0.717, 1.165) is 0 Å². The zero-order valence-corrected chi connectivity index (χ0v) is 6.96. The van der Waals surface area contributed by atoms with Crippen LogP contribution in [-0.2, 0) is 0 Å². The van der Waals surface area contributed by atoms with Crippen molar-refractivity contribution in [2.75, 3.05) is 0 Å². The minimum Gasteiger partial charge on any atom is -0.364 e. The van der Waals surface area contributed by atoms with Gasteiger partial charge in [0.2, 0.25) is 0 Å². The van der Waals surface area contributed by atoms with Crippen molar-refractivity contribution in [3.63, 3.8) is 0 Å². The predicted octanol–water partition coefficient (Wildman–Crippen LogP) is 0.732. The van der Waals surface area contributed by atoms with Crippen LogP contribution in [0.1, 0.15) is 10.5 Å². The van der Waals surface area contributed by atoms with Crippen molar-refractivity contribution in [1.29, 1.82) is 0 Å². The lowest BCUT2D eigenvalue weighted by molar-refractivity contribution is 0.0996. The number of hydrogen-bond donors (Lipinski definition) is 2. The van der Waals surface area contributed by atoms with E-state index in [4.69, 9.17) is 5.73 Å². The maximum absolute atomic E-state index is 10.3. The molecule has 3 N–H and O–H groups in total. The summed E-state index contributed by atoms with van der Waals surface area (Å²) in [5, 5.41) is 0. The number of nitrogens with one attached hydrogen (secondary N) is 1. The standard InChI is InChI=1S/C5H6N2O.HI/c6-5(8)4-2-1-3-7-4;/h1-3,7H,(H2,6,8);1H. The van der Waals surface area contributed by atoms with Gasteiger partial charge in [-0.1, -0.05) is 0 Å². The fraction of sp³-hybridized carbons (Fsp3) is 0. The molecule has 9 heavy (non-hydrogen) atoms. The van der Waals surface area contributed by atoms with E-state index in [2.05, 4.69) is 4.98 Å². The Morgan fingerprint density at radius 3 is 2.56 bits per heavy atom. The third-order valence-electron chi connectivity index (χ3n) is 0.863. The van der Waals surface area contributed by atoms with Crippen molar-refractivity contribution in [2.24, 2.45) is 5.73 Å². The first-order chi connectivity index (χ1) is 3.80. The summed E-state index contributed by atoms with van der Waals surface area (Å²) in [5.74, 6) is -0.421. The highest BCUT2D eigenvalue weighted by molar-refractivity contribution is 14.0. The van der Waals surface area contributed by atoms with E-state index >= 15 is 0 Å². The Morgan fingerprint density at radius 2 is 2.33 bits per heavy atom. The number of aromatic amines is 1. The molecule has 0 aromatic carbocycles. The van der Waals surface area contributed by atoms with Crippen molar-refractivity contribution in [2.45, 2.75) is 0 Å². The summed E-state index contributed by atoms with van der Waals surface area (Å²) < 4.78 is 0. The smallest absolute Gasteiger partial charge is 0.265 e. The average Bonchev–Trinajstić information content (AvgIpc) is 2.12. The molecule has 0 aliphatic heterocycles. The largest absolute Gasteiger partial charge is 0.364 e. The Morgan fingerprint density at radius 1 is 1.67 bits per heavy atom. The molecule has 3 nitrogen and oxygen atoms in total. The molecular formula is C5H7IN2O. The molecular weight excluding hydrogens is 231 g/mol. The SMILES string of the molecule is I.NC(=O)c1ccc[nH]1. The topological polar surface area (TPSA) is 58.9 Å². The molecule has 4 heteroatoms. The molecule has 1 amide bonds. The lowest BCUT2D eigenvalue weighted by Crippen LogP contribution is -2.10. The molecule has 0 aliphatic carbocycles. The van der Waals surface area contributed by atoms with E-state index in [9.17, 15) is 4.79 Å². The highest BCUT2D eigenvalue weighted by atomic mass is 127. The molecule has 0 spiro atoms. The summed E-state index contributed by atoms with van der Waals surface area (Å²) in [6.07, 6.45) is 1.65. The van der Waals surface area contributed by atoms with Crippen molar-refractivity contribution in [3.05, 3.63) is 24.0 Å². The third-order valence-corrected chi connectivity index (χ3v) is 0.863. The predicted molar refractivity (Wildman–Crippen MR) is 44.7 cm³/mol. The van der Waals surface area contributed by atoms with Gasteiger partial charge in [-0.05, 0) is 12.1 Å². The van der Waals surface area contributed by atoms with Gasteiger partial charge in [0.15, 0.2) is 0 Å². The second-order valence-electron chi connectivity index (χ2n) is 1.45. The summed E-state index contributed by atoms with van der Waals surface area (Å²) >= 11 is 0. The number of carbonyl (C=O) groups is 1. The molecule has 0 unspecified atom stereocenters. The molecule has 1 rings (SSSR count). The van der Waals surface area contributed by atoms with Crippen LogP contribution in [0.25, 0.3) is 0 Å². The first kappa shape index (κ1) is 8.48. The molecule has 0 fully saturated rings. The molecule has 0 saturated carbocycles. The Bertz CT molecular complexity index is 183. The number of H-pyrrole nitrogens is 1. The van der Waals surface area contributed by atoms with Gasteiger partial charge in [-0.25, -0.2) is 0 Å². The van der Waals surface area contributed by atoms with E-state index in [0.29, 0.717) is 5.69 Å². The molecule has 1 aromatic rings. The second-order valence-corrected chi connectivity index (χ2v) is 1.45. The zero-order chi connectivity index (χ0) is 5.98. The van der Waals surface area contributed by atoms with Crippen LogP contribution in [0.2, 0.25) is 0 Å². The van der Waals surface area contributed by atoms with Crippen molar-refractivity contribution in [3.8, 4) is 0 Å². The van der Waals surface area contributed by atoms with Crippen LogP contribution in [0.5, 0.6) is 0 Å². The quantitative estimate of drug-likeness (QED) is 0.696. The highest BCUT2D eigenvalue weighted by Crippen LogP contribution is 1.89. The van der Waals surface area contributed by atoms with E-state index in [1.807, 2.05) is 0 Å². The summed E-state index contributed by atoms with van der Waals surface area (Å²) in [6.45, 7) is 0. The van der Waals surface area contributed by atoms with Gasteiger partial charge in [0.1, 0.15) is 5.69 Å². The lowest BCUT2D eigenvalue weighted by Gasteiger charge is -1.82. The van der Waals surface area contributed by atoms with E-state index in [1.54, 1.807) is 18.3 Å². The Labute approximate surface area is 69.7 Å². The summed E-state index contributed by atoms with van der Waals surface area (Å²) in [6, 6.07) is 3.35. The maximum Gasteiger partial charge on any atom is 0.265 e. The number of hydrogen-bond acceptors (Lipinski definition) is 1. The van der Waals surface area contributed by atoms with E-state index < -0.39 is 5.91 Å². The van der Waals surface area contributed by atoms with Gasteiger partial charge in [-0.3, -0.25) is 4.79 Å². The summed E-state index contributed by atoms with van der Waals surface area (Å²) in [5.41, 5.74) is 5.34. The number of nitrogens with two attached hydrogens (primary N) is 1. The van der Waals surface area contributed by atoms with Gasteiger partial charge in [0, 0.05) is 6.20 Å². The molecule has 50 valence electrons. The zero-order valence-electron chi connectivity index (χ0n) is 4.63. The number of aromatic nitrogens is 1. The fourth-order valence-corrected chi connectivity index (χ4v) is 0.484. The summed E-state index contributed by atoms with van der Waals surface area (Å²) in [4.78, 5) is 12.9. The molecule has 0 saturated heterocycles. The minimum absolute atomic E-state index is 0. The van der Waals surface area contributed by atoms with Crippen molar-refractivity contribution >= 4 is 29.9 Å². The second kappa shape index (κ2) is 3.49. The van der Waals surface area contributed by atoms with Crippen LogP contribution >= 0.6 is 24.0 Å². The van der Waals surface area contributed by atoms with E-state index in [1.165, 1.54) is 0 Å². The number of halogens is 1. The van der Waals surface area contributed by atoms with E-state index in [-0.39, 0.29) is 24.0 Å². The Hall–Kier alpha value is -0.520. The highest BCUT2D eigenvalue weighted by Gasteiger charge is 1.95. The minimum atomic E-state index is -0.421. The van der Waals surface area contributed by atoms with Gasteiger partial charge >= 0.3 is 0 Å². The Balaban J connectivity index is 0.000000640. The van der Waals surface area contributed by atoms with Crippen LogP contribution in [-0.4, -0.2) is 10.9 Å². The number of amides is 1. The lowest BCUT2D eigenvalue weighted by atomic mass is 10.4. The first-order valence-corrected chi connectivity index (χ1v) is 2.24. The van der Waals surface area contributed by atoms with Gasteiger partial charge in [-0.15, -0.1) is 24.0 Å². The molecule has 1 aromatic heterocycles. The van der Waals surface area contributed by atoms with Crippen LogP contribution in [0.15, 0.2) is 18.3 Å². The maximum atomic E-state index is 10.3. The van der Waals surface area contributed by atoms with Crippen LogP contribution in [0, 0.1) is 0 Å². The van der Waals surface area contributed by atoms with Crippen molar-refractivity contribution < 1.29 is 4.79 Å². The third kappa shape index (κ3) is 2.05. The van der Waals surface area contributed by atoms with Gasteiger partial charge in [-0.2, -0.15) is 0 Å². The van der Waals surface area contributed by atoms with Crippen LogP contribution < -0.4 is 5.73 Å². The summed E-state index contributed by atoms with van der Waals surface area (Å²) in [7, 11) is 0. The normalized spacial score (nSPS) is 8.00. The average molecular weight is 238 g/mol. The van der Waals surface area contributed by atoms with Gasteiger partial charge in [0.05, 0.1) is 0 Å². The number of carbonyl (C=O) groups excluding carboxylic acids is 1. The van der Waals surface area contributed by atoms with Gasteiger partial charge < -0.3 is 10.7 Å². The number of primary amides is 1. The monoisotopic (exact) mass is 238 g/mol. The first-order valence-electron chi connectivity index (χ1n) is 2.24. The molecule has 0 bridgehead atoms. The molecule has 0 radical (unpaired) electrons. The van der Waals surface area contributed by atoms with Crippen LogP contribution in [0.4, 0.5) is 0 Å². The fourth-order valence-electron chi connectivity index (χ4n) is 0.484. The molecule has 0 aliphatic rings. The molecule has 1 heterocycles. The van der Waals surface area contributed by atoms with Crippen molar-refractivity contribution in [1.82, 2.24) is 4.98 Å². The molecule has 0 atom stereocenters. The Kier molecular flexibility index (Phi) is 3.29. The van der Waals surface area contributed by atoms with Gasteiger partial charge in [0.25, 0.3) is 5.91 Å². The number of rotatable bonds is 1.